The summed E-state index contributed by atoms with van der Waals surface area (Å²) < 4.78 is 5.66. The fourth-order valence-electron chi connectivity index (χ4n) is 5.66. The maximum Gasteiger partial charge on any atom is 0.179 e. The smallest absolute Gasteiger partial charge is 0.179 e. The summed E-state index contributed by atoms with van der Waals surface area (Å²) in [5.74, 6) is 2.68. The van der Waals surface area contributed by atoms with Crippen LogP contribution in [0.2, 0.25) is 0 Å². The SMILES string of the molecule is CC(NCc1nc(C2CCCO2)n[nH]1)C12CCC(CC1)C2(C)C. The number of nitrogens with one attached hydrogen (secondary N) is 2. The van der Waals surface area contributed by atoms with E-state index in [2.05, 4.69) is 41.3 Å². The van der Waals surface area contributed by atoms with E-state index >= 15 is 0 Å². The molecule has 0 aromatic carbocycles. The van der Waals surface area contributed by atoms with Gasteiger partial charge in [-0.1, -0.05) is 13.8 Å². The van der Waals surface area contributed by atoms with Crippen LogP contribution in [-0.4, -0.2) is 27.8 Å². The zero-order valence-corrected chi connectivity index (χ0v) is 14.7. The first-order chi connectivity index (χ1) is 11.0. The predicted octanol–water partition coefficient (Wildman–Crippen LogP) is 3.35. The summed E-state index contributed by atoms with van der Waals surface area (Å²) in [5.41, 5.74) is 0.915. The molecule has 5 nitrogen and oxygen atoms in total. The molecule has 0 spiro atoms. The fourth-order valence-corrected chi connectivity index (χ4v) is 5.66. The lowest BCUT2D eigenvalue weighted by Gasteiger charge is -2.43. The van der Waals surface area contributed by atoms with Gasteiger partial charge in [-0.3, -0.25) is 5.10 Å². The number of ether oxygens (including phenoxy) is 1. The Morgan fingerprint density at radius 2 is 2.09 bits per heavy atom. The van der Waals surface area contributed by atoms with E-state index in [0.29, 0.717) is 16.9 Å². The lowest BCUT2D eigenvalue weighted by atomic mass is 9.65. The molecule has 2 bridgehead atoms. The molecule has 2 aliphatic carbocycles. The predicted molar refractivity (Wildman–Crippen MR) is 88.8 cm³/mol. The molecule has 23 heavy (non-hydrogen) atoms. The number of aromatic nitrogens is 3. The van der Waals surface area contributed by atoms with Crippen molar-refractivity contribution in [1.29, 1.82) is 0 Å². The van der Waals surface area contributed by atoms with E-state index in [4.69, 9.17) is 4.74 Å². The van der Waals surface area contributed by atoms with Crippen molar-refractivity contribution >= 4 is 0 Å². The average Bonchev–Trinajstić information content (AvgIpc) is 3.29. The van der Waals surface area contributed by atoms with Gasteiger partial charge in [0.15, 0.2) is 5.82 Å². The van der Waals surface area contributed by atoms with Crippen molar-refractivity contribution < 1.29 is 4.74 Å². The van der Waals surface area contributed by atoms with Crippen molar-refractivity contribution in [3.63, 3.8) is 0 Å². The molecule has 1 aliphatic heterocycles. The molecule has 0 amide bonds. The first kappa shape index (κ1) is 15.6. The highest BCUT2D eigenvalue weighted by Gasteiger charge is 2.60. The first-order valence-corrected chi connectivity index (χ1v) is 9.29. The Balaban J connectivity index is 1.39. The Morgan fingerprint density at radius 3 is 2.70 bits per heavy atom. The van der Waals surface area contributed by atoms with Gasteiger partial charge >= 0.3 is 0 Å². The highest BCUT2D eigenvalue weighted by atomic mass is 16.5. The van der Waals surface area contributed by atoms with E-state index in [1.807, 2.05) is 0 Å². The minimum atomic E-state index is 0.0976. The molecule has 3 fully saturated rings. The lowest BCUT2D eigenvalue weighted by molar-refractivity contribution is 0.0812. The van der Waals surface area contributed by atoms with Crippen LogP contribution < -0.4 is 5.32 Å². The highest BCUT2D eigenvalue weighted by molar-refractivity contribution is 5.12. The molecule has 128 valence electrons. The van der Waals surface area contributed by atoms with Gasteiger partial charge in [-0.05, 0) is 62.2 Å². The molecule has 1 saturated heterocycles. The third-order valence-corrected chi connectivity index (χ3v) is 7.35. The summed E-state index contributed by atoms with van der Waals surface area (Å²) >= 11 is 0. The molecule has 1 aromatic heterocycles. The van der Waals surface area contributed by atoms with E-state index in [1.165, 1.54) is 25.7 Å². The fraction of sp³-hybridized carbons (Fsp3) is 0.889. The van der Waals surface area contributed by atoms with Gasteiger partial charge in [-0.25, -0.2) is 4.98 Å². The minimum Gasteiger partial charge on any atom is -0.370 e. The van der Waals surface area contributed by atoms with Crippen LogP contribution >= 0.6 is 0 Å². The van der Waals surface area contributed by atoms with Crippen LogP contribution in [0.15, 0.2) is 0 Å². The standard InChI is InChI=1S/C18H30N4O/c1-12(18-8-6-13(7-9-18)17(18,2)3)19-11-15-20-16(22-21-15)14-5-4-10-23-14/h12-14,19H,4-11H2,1-3H3,(H,20,21,22). The van der Waals surface area contributed by atoms with Gasteiger partial charge in [0.25, 0.3) is 0 Å². The quantitative estimate of drug-likeness (QED) is 0.874. The van der Waals surface area contributed by atoms with Crippen molar-refractivity contribution in [3.05, 3.63) is 11.6 Å². The van der Waals surface area contributed by atoms with Crippen molar-refractivity contribution in [2.24, 2.45) is 16.7 Å². The molecule has 2 atom stereocenters. The maximum absolute atomic E-state index is 5.66. The van der Waals surface area contributed by atoms with Crippen LogP contribution in [0.5, 0.6) is 0 Å². The summed E-state index contributed by atoms with van der Waals surface area (Å²) in [4.78, 5) is 4.63. The summed E-state index contributed by atoms with van der Waals surface area (Å²) in [6, 6.07) is 0.515. The van der Waals surface area contributed by atoms with Gasteiger partial charge in [0, 0.05) is 12.6 Å². The second-order valence-corrected chi connectivity index (χ2v) is 8.40. The van der Waals surface area contributed by atoms with E-state index < -0.39 is 0 Å². The Hall–Kier alpha value is -0.940. The van der Waals surface area contributed by atoms with Crippen LogP contribution in [0.4, 0.5) is 0 Å². The zero-order chi connectivity index (χ0) is 16.1. The molecule has 4 rings (SSSR count). The van der Waals surface area contributed by atoms with Crippen LogP contribution in [0.25, 0.3) is 0 Å². The zero-order valence-electron chi connectivity index (χ0n) is 14.7. The van der Waals surface area contributed by atoms with Crippen molar-refractivity contribution in [1.82, 2.24) is 20.5 Å². The molecule has 2 saturated carbocycles. The number of rotatable bonds is 5. The number of aromatic amines is 1. The maximum atomic E-state index is 5.66. The Labute approximate surface area is 139 Å². The van der Waals surface area contributed by atoms with Crippen molar-refractivity contribution in [3.8, 4) is 0 Å². The number of hydrogen-bond donors (Lipinski definition) is 2. The number of H-pyrrole nitrogens is 1. The largest absolute Gasteiger partial charge is 0.370 e. The monoisotopic (exact) mass is 318 g/mol. The van der Waals surface area contributed by atoms with E-state index in [1.54, 1.807) is 0 Å². The van der Waals surface area contributed by atoms with Crippen molar-refractivity contribution in [2.75, 3.05) is 6.61 Å². The van der Waals surface area contributed by atoms with Crippen molar-refractivity contribution in [2.45, 2.75) is 78.0 Å². The summed E-state index contributed by atoms with van der Waals surface area (Å²) in [5, 5.41) is 11.2. The molecule has 2 unspecified atom stereocenters. The number of fused-ring (bicyclic) bond motifs is 2. The lowest BCUT2D eigenvalue weighted by Crippen LogP contribution is -2.47. The van der Waals surface area contributed by atoms with E-state index in [9.17, 15) is 0 Å². The van der Waals surface area contributed by atoms with Crippen LogP contribution in [-0.2, 0) is 11.3 Å². The van der Waals surface area contributed by atoms with E-state index in [-0.39, 0.29) is 6.10 Å². The second-order valence-electron chi connectivity index (χ2n) is 8.40. The molecule has 3 aliphatic rings. The second kappa shape index (κ2) is 5.55. The summed E-state index contributed by atoms with van der Waals surface area (Å²) in [6.45, 7) is 8.94. The van der Waals surface area contributed by atoms with Gasteiger partial charge < -0.3 is 10.1 Å². The van der Waals surface area contributed by atoms with Gasteiger partial charge in [0.05, 0.1) is 6.54 Å². The average molecular weight is 318 g/mol. The third kappa shape index (κ3) is 2.35. The topological polar surface area (TPSA) is 62.8 Å². The number of hydrogen-bond acceptors (Lipinski definition) is 4. The molecular weight excluding hydrogens is 288 g/mol. The van der Waals surface area contributed by atoms with Crippen LogP contribution in [0, 0.1) is 16.7 Å². The third-order valence-electron chi connectivity index (χ3n) is 7.35. The molecule has 1 aromatic rings. The van der Waals surface area contributed by atoms with Gasteiger partial charge in [-0.15, -0.1) is 0 Å². The molecule has 5 heteroatoms. The first-order valence-electron chi connectivity index (χ1n) is 9.29. The summed E-state index contributed by atoms with van der Waals surface area (Å²) in [6.07, 6.45) is 7.81. The van der Waals surface area contributed by atoms with Gasteiger partial charge in [-0.2, -0.15) is 5.10 Å². The van der Waals surface area contributed by atoms with E-state index in [0.717, 1.165) is 43.6 Å². The molecule has 2 N–H and O–H groups in total. The molecule has 2 heterocycles. The van der Waals surface area contributed by atoms with Crippen LogP contribution in [0.3, 0.4) is 0 Å². The van der Waals surface area contributed by atoms with Crippen LogP contribution in [0.1, 0.15) is 77.0 Å². The Kier molecular flexibility index (Phi) is 3.76. The summed E-state index contributed by atoms with van der Waals surface area (Å²) in [7, 11) is 0. The normalized spacial score (nSPS) is 36.7. The number of nitrogens with zero attached hydrogens (tertiary/aromatic N) is 2. The Bertz CT molecular complexity index is 553. The molecular formula is C18H30N4O. The minimum absolute atomic E-state index is 0.0976. The Morgan fingerprint density at radius 1 is 1.30 bits per heavy atom. The molecule has 0 radical (unpaired) electrons. The van der Waals surface area contributed by atoms with Gasteiger partial charge in [0.2, 0.25) is 0 Å². The highest BCUT2D eigenvalue weighted by Crippen LogP contribution is 2.67. The van der Waals surface area contributed by atoms with Gasteiger partial charge in [0.1, 0.15) is 11.9 Å².